The van der Waals surface area contributed by atoms with Crippen LogP contribution in [0.2, 0.25) is 0 Å². The molecular formula is C16H15N3O2. The Labute approximate surface area is 122 Å². The molecule has 0 fully saturated rings. The molecule has 2 amide bonds. The molecule has 2 heterocycles. The molecular weight excluding hydrogens is 266 g/mol. The van der Waals surface area contributed by atoms with Crippen LogP contribution < -0.4 is 10.6 Å². The molecule has 5 heteroatoms. The van der Waals surface area contributed by atoms with Crippen LogP contribution >= 0.6 is 0 Å². The summed E-state index contributed by atoms with van der Waals surface area (Å²) in [4.78, 5) is 15.9. The van der Waals surface area contributed by atoms with Gasteiger partial charge in [0.2, 0.25) is 0 Å². The van der Waals surface area contributed by atoms with Crippen LogP contribution in [-0.4, -0.2) is 11.0 Å². The summed E-state index contributed by atoms with van der Waals surface area (Å²) in [6, 6.07) is 12.7. The van der Waals surface area contributed by atoms with Crippen molar-refractivity contribution in [2.45, 2.75) is 13.0 Å². The third-order valence-electron chi connectivity index (χ3n) is 3.14. The molecule has 3 rings (SSSR count). The van der Waals surface area contributed by atoms with Gasteiger partial charge in [0.05, 0.1) is 17.9 Å². The first-order valence-corrected chi connectivity index (χ1v) is 6.68. The third kappa shape index (κ3) is 3.02. The van der Waals surface area contributed by atoms with Crippen LogP contribution in [0.15, 0.2) is 59.3 Å². The molecule has 0 saturated carbocycles. The Kier molecular flexibility index (Phi) is 3.55. The average molecular weight is 281 g/mol. The monoisotopic (exact) mass is 281 g/mol. The lowest BCUT2D eigenvalue weighted by Crippen LogP contribution is -2.30. The summed E-state index contributed by atoms with van der Waals surface area (Å²) in [6.07, 6.45) is 3.24. The molecule has 3 aromatic rings. The molecule has 0 saturated heterocycles. The van der Waals surface area contributed by atoms with Gasteiger partial charge in [0.15, 0.2) is 0 Å². The minimum Gasteiger partial charge on any atom is -0.459 e. The summed E-state index contributed by atoms with van der Waals surface area (Å²) in [5, 5.41) is 6.58. The van der Waals surface area contributed by atoms with E-state index in [9.17, 15) is 4.79 Å². The van der Waals surface area contributed by atoms with Gasteiger partial charge in [-0.3, -0.25) is 4.98 Å². The highest BCUT2D eigenvalue weighted by molar-refractivity contribution is 5.89. The van der Waals surface area contributed by atoms with E-state index in [2.05, 4.69) is 15.6 Å². The number of hydrogen-bond donors (Lipinski definition) is 2. The van der Waals surface area contributed by atoms with Gasteiger partial charge in [-0.1, -0.05) is 18.2 Å². The van der Waals surface area contributed by atoms with Crippen LogP contribution in [0.5, 0.6) is 0 Å². The topological polar surface area (TPSA) is 67.2 Å². The van der Waals surface area contributed by atoms with E-state index in [4.69, 9.17) is 4.42 Å². The number of amides is 2. The third-order valence-corrected chi connectivity index (χ3v) is 3.14. The van der Waals surface area contributed by atoms with Crippen molar-refractivity contribution in [2.24, 2.45) is 0 Å². The molecule has 106 valence electrons. The predicted octanol–water partition coefficient (Wildman–Crippen LogP) is 3.71. The van der Waals surface area contributed by atoms with E-state index in [1.54, 1.807) is 24.5 Å². The number of nitrogens with one attached hydrogen (secondary N) is 2. The number of para-hydroxylation sites is 1. The molecule has 0 aliphatic heterocycles. The fraction of sp³-hybridized carbons (Fsp3) is 0.125. The summed E-state index contributed by atoms with van der Waals surface area (Å²) in [5.74, 6) is 0.720. The number of pyridine rings is 1. The number of fused-ring (bicyclic) bond motifs is 1. The molecule has 1 aromatic carbocycles. The number of carbonyl (C=O) groups excluding carboxylic acids is 1. The molecule has 0 aliphatic carbocycles. The number of nitrogens with zero attached hydrogens (tertiary/aromatic N) is 1. The largest absolute Gasteiger partial charge is 0.459 e. The van der Waals surface area contributed by atoms with E-state index in [0.29, 0.717) is 5.69 Å². The number of furan rings is 1. The minimum atomic E-state index is -0.295. The predicted molar refractivity (Wildman–Crippen MR) is 81.0 cm³/mol. The van der Waals surface area contributed by atoms with Gasteiger partial charge in [0.1, 0.15) is 11.3 Å². The van der Waals surface area contributed by atoms with Crippen molar-refractivity contribution in [3.05, 3.63) is 60.6 Å². The minimum absolute atomic E-state index is 0.228. The lowest BCUT2D eigenvalue weighted by molar-refractivity contribution is 0.248. The standard InChI is InChI=1S/C16H15N3O2/c1-11(15-9-12-5-2-3-7-14(12)21-15)18-16(20)19-13-6-4-8-17-10-13/h2-11H,1H3,(H2,18,19,20). The molecule has 2 N–H and O–H groups in total. The Morgan fingerprint density at radius 3 is 2.86 bits per heavy atom. The summed E-state index contributed by atoms with van der Waals surface area (Å²) >= 11 is 0. The van der Waals surface area contributed by atoms with Gasteiger partial charge < -0.3 is 15.1 Å². The summed E-state index contributed by atoms with van der Waals surface area (Å²) in [5.41, 5.74) is 1.46. The van der Waals surface area contributed by atoms with Gasteiger partial charge in [-0.25, -0.2) is 4.79 Å². The summed E-state index contributed by atoms with van der Waals surface area (Å²) < 4.78 is 5.73. The van der Waals surface area contributed by atoms with Crippen molar-refractivity contribution in [1.29, 1.82) is 0 Å². The number of aromatic nitrogens is 1. The van der Waals surface area contributed by atoms with E-state index in [-0.39, 0.29) is 12.1 Å². The molecule has 0 spiro atoms. The first kappa shape index (κ1) is 13.2. The molecule has 0 aliphatic rings. The number of hydrogen-bond acceptors (Lipinski definition) is 3. The van der Waals surface area contributed by atoms with E-state index < -0.39 is 0 Å². The zero-order chi connectivity index (χ0) is 14.7. The lowest BCUT2D eigenvalue weighted by Gasteiger charge is -2.12. The van der Waals surface area contributed by atoms with Gasteiger partial charge in [0, 0.05) is 11.6 Å². The van der Waals surface area contributed by atoms with Gasteiger partial charge in [-0.15, -0.1) is 0 Å². The van der Waals surface area contributed by atoms with Gasteiger partial charge >= 0.3 is 6.03 Å². The highest BCUT2D eigenvalue weighted by Gasteiger charge is 2.14. The number of urea groups is 1. The van der Waals surface area contributed by atoms with E-state index in [0.717, 1.165) is 16.7 Å². The second-order valence-electron chi connectivity index (χ2n) is 4.75. The van der Waals surface area contributed by atoms with Crippen LogP contribution in [0, 0.1) is 0 Å². The quantitative estimate of drug-likeness (QED) is 0.769. The van der Waals surface area contributed by atoms with Crippen LogP contribution in [0.3, 0.4) is 0 Å². The highest BCUT2D eigenvalue weighted by Crippen LogP contribution is 2.23. The number of rotatable bonds is 3. The highest BCUT2D eigenvalue weighted by atomic mass is 16.3. The van der Waals surface area contributed by atoms with Crippen molar-refractivity contribution in [2.75, 3.05) is 5.32 Å². The van der Waals surface area contributed by atoms with Crippen molar-refractivity contribution >= 4 is 22.7 Å². The average Bonchev–Trinajstić information content (AvgIpc) is 2.92. The van der Waals surface area contributed by atoms with Crippen molar-refractivity contribution < 1.29 is 9.21 Å². The summed E-state index contributed by atoms with van der Waals surface area (Å²) in [7, 11) is 0. The first-order chi connectivity index (χ1) is 10.2. The SMILES string of the molecule is CC(NC(=O)Nc1cccnc1)c1cc2ccccc2o1. The maximum atomic E-state index is 11.9. The number of benzene rings is 1. The van der Waals surface area contributed by atoms with Crippen LogP contribution in [0.1, 0.15) is 18.7 Å². The Hall–Kier alpha value is -2.82. The molecule has 0 bridgehead atoms. The zero-order valence-corrected chi connectivity index (χ0v) is 11.5. The van der Waals surface area contributed by atoms with E-state index in [1.807, 2.05) is 37.3 Å². The van der Waals surface area contributed by atoms with E-state index >= 15 is 0 Å². The fourth-order valence-corrected chi connectivity index (χ4v) is 2.09. The second kappa shape index (κ2) is 5.66. The number of carbonyl (C=O) groups is 1. The Morgan fingerprint density at radius 2 is 2.10 bits per heavy atom. The molecule has 1 unspecified atom stereocenters. The zero-order valence-electron chi connectivity index (χ0n) is 11.5. The Morgan fingerprint density at radius 1 is 1.24 bits per heavy atom. The molecule has 1 atom stereocenters. The van der Waals surface area contributed by atoms with Crippen LogP contribution in [0.25, 0.3) is 11.0 Å². The second-order valence-corrected chi connectivity index (χ2v) is 4.75. The molecule has 21 heavy (non-hydrogen) atoms. The first-order valence-electron chi connectivity index (χ1n) is 6.68. The van der Waals surface area contributed by atoms with Crippen LogP contribution in [0.4, 0.5) is 10.5 Å². The maximum absolute atomic E-state index is 11.9. The van der Waals surface area contributed by atoms with Gasteiger partial charge in [0.25, 0.3) is 0 Å². The molecule has 2 aromatic heterocycles. The molecule has 5 nitrogen and oxygen atoms in total. The Balaban J connectivity index is 1.68. The molecule has 0 radical (unpaired) electrons. The maximum Gasteiger partial charge on any atom is 0.319 e. The smallest absolute Gasteiger partial charge is 0.319 e. The Bertz CT molecular complexity index is 719. The van der Waals surface area contributed by atoms with Gasteiger partial charge in [-0.2, -0.15) is 0 Å². The van der Waals surface area contributed by atoms with Crippen LogP contribution in [-0.2, 0) is 0 Å². The lowest BCUT2D eigenvalue weighted by atomic mass is 10.2. The van der Waals surface area contributed by atoms with Crippen molar-refractivity contribution in [3.63, 3.8) is 0 Å². The van der Waals surface area contributed by atoms with E-state index in [1.165, 1.54) is 0 Å². The van der Waals surface area contributed by atoms with Crippen molar-refractivity contribution in [3.8, 4) is 0 Å². The normalized spacial score (nSPS) is 12.0. The van der Waals surface area contributed by atoms with Gasteiger partial charge in [-0.05, 0) is 31.2 Å². The number of anilines is 1. The summed E-state index contributed by atoms with van der Waals surface area (Å²) in [6.45, 7) is 1.88. The fourth-order valence-electron chi connectivity index (χ4n) is 2.09. The van der Waals surface area contributed by atoms with Crippen molar-refractivity contribution in [1.82, 2.24) is 10.3 Å².